The standard InChI is InChI=1S/C27H33N3O4S/c1-17-8-9-18(2)19(16-17)29-13-6-11-27-21(24(33)30(14-7-15-31)22(27)25(29)34)20-23(32)28(4)12-5-10-26(20,3)35-27/h5-6,8-11,16,20-22,31H,7,12-15H2,1-4H3/t20-,21+,22?,26+,27+/m1/s1. The first-order chi connectivity index (χ1) is 16.6. The molecule has 2 saturated heterocycles. The number of hydrogen-bond donors (Lipinski definition) is 1. The molecule has 186 valence electrons. The summed E-state index contributed by atoms with van der Waals surface area (Å²) in [6, 6.07) is 5.30. The normalized spacial score (nSPS) is 34.1. The second-order valence-corrected chi connectivity index (χ2v) is 12.2. The Bertz CT molecular complexity index is 1150. The van der Waals surface area contributed by atoms with Gasteiger partial charge in [0.25, 0.3) is 5.91 Å². The number of rotatable bonds is 4. The Hall–Kier alpha value is -2.58. The maximum Gasteiger partial charge on any atom is 0.251 e. The van der Waals surface area contributed by atoms with Crippen LogP contribution in [0.3, 0.4) is 0 Å². The molecule has 1 N–H and O–H groups in total. The number of benzene rings is 1. The summed E-state index contributed by atoms with van der Waals surface area (Å²) in [5, 5.41) is 9.55. The number of fused-ring (bicyclic) bond motifs is 2. The van der Waals surface area contributed by atoms with Crippen LogP contribution in [0, 0.1) is 25.7 Å². The summed E-state index contributed by atoms with van der Waals surface area (Å²) in [7, 11) is 1.77. The summed E-state index contributed by atoms with van der Waals surface area (Å²) >= 11 is 1.59. The van der Waals surface area contributed by atoms with Gasteiger partial charge in [-0.3, -0.25) is 14.4 Å². The van der Waals surface area contributed by atoms with Crippen LogP contribution < -0.4 is 4.90 Å². The van der Waals surface area contributed by atoms with E-state index in [1.807, 2.05) is 57.2 Å². The van der Waals surface area contributed by atoms with Crippen LogP contribution in [0.5, 0.6) is 0 Å². The molecule has 1 aromatic carbocycles. The molecule has 3 amide bonds. The van der Waals surface area contributed by atoms with Crippen LogP contribution in [0.15, 0.2) is 42.5 Å². The number of amides is 3. The average molecular weight is 496 g/mol. The molecule has 4 heterocycles. The summed E-state index contributed by atoms with van der Waals surface area (Å²) in [6.45, 7) is 7.13. The lowest BCUT2D eigenvalue weighted by Crippen LogP contribution is -2.53. The second-order valence-electron chi connectivity index (χ2n) is 10.4. The molecule has 4 aliphatic rings. The Labute approximate surface area is 210 Å². The molecule has 0 aliphatic carbocycles. The van der Waals surface area contributed by atoms with Crippen LogP contribution in [-0.4, -0.2) is 81.5 Å². The molecule has 0 saturated carbocycles. The van der Waals surface area contributed by atoms with Crippen molar-refractivity contribution < 1.29 is 19.5 Å². The van der Waals surface area contributed by atoms with Crippen molar-refractivity contribution in [2.45, 2.75) is 42.7 Å². The maximum absolute atomic E-state index is 14.4. The summed E-state index contributed by atoms with van der Waals surface area (Å²) in [5.74, 6) is -1.55. The minimum absolute atomic E-state index is 0.0561. The molecule has 0 radical (unpaired) electrons. The van der Waals surface area contributed by atoms with E-state index in [1.165, 1.54) is 0 Å². The summed E-state index contributed by atoms with van der Waals surface area (Å²) in [4.78, 5) is 47.1. The van der Waals surface area contributed by atoms with Gasteiger partial charge in [-0.05, 0) is 44.4 Å². The quantitative estimate of drug-likeness (QED) is 0.649. The molecule has 2 fully saturated rings. The molecule has 5 rings (SSSR count). The smallest absolute Gasteiger partial charge is 0.251 e. The highest BCUT2D eigenvalue weighted by Gasteiger charge is 2.73. The van der Waals surface area contributed by atoms with Gasteiger partial charge < -0.3 is 19.8 Å². The number of thioether (sulfide) groups is 1. The molecule has 0 bridgehead atoms. The van der Waals surface area contributed by atoms with Crippen molar-refractivity contribution in [1.82, 2.24) is 9.80 Å². The highest BCUT2D eigenvalue weighted by molar-refractivity contribution is 8.02. The van der Waals surface area contributed by atoms with E-state index in [1.54, 1.807) is 33.5 Å². The van der Waals surface area contributed by atoms with Gasteiger partial charge in [0.05, 0.1) is 16.6 Å². The van der Waals surface area contributed by atoms with Crippen LogP contribution in [0.2, 0.25) is 0 Å². The average Bonchev–Trinajstić information content (AvgIpc) is 3.09. The van der Waals surface area contributed by atoms with Crippen molar-refractivity contribution in [3.05, 3.63) is 53.6 Å². The van der Waals surface area contributed by atoms with Crippen LogP contribution >= 0.6 is 11.8 Å². The topological polar surface area (TPSA) is 81.2 Å². The lowest BCUT2D eigenvalue weighted by Gasteiger charge is -2.37. The van der Waals surface area contributed by atoms with E-state index in [2.05, 4.69) is 6.08 Å². The van der Waals surface area contributed by atoms with Gasteiger partial charge in [-0.1, -0.05) is 36.4 Å². The minimum Gasteiger partial charge on any atom is -0.396 e. The molecular weight excluding hydrogens is 462 g/mol. The number of nitrogens with zero attached hydrogens (tertiary/aromatic N) is 3. The highest BCUT2D eigenvalue weighted by atomic mass is 32.2. The van der Waals surface area contributed by atoms with Gasteiger partial charge in [-0.2, -0.15) is 0 Å². The summed E-state index contributed by atoms with van der Waals surface area (Å²) < 4.78 is -1.45. The van der Waals surface area contributed by atoms with Crippen LogP contribution in [0.25, 0.3) is 0 Å². The third-order valence-corrected chi connectivity index (χ3v) is 9.77. The van der Waals surface area contributed by atoms with Crippen LogP contribution in [-0.2, 0) is 14.4 Å². The van der Waals surface area contributed by atoms with E-state index in [-0.39, 0.29) is 30.9 Å². The number of likely N-dealkylation sites (N-methyl/N-ethyl adjacent to an activating group) is 1. The number of likely N-dealkylation sites (tertiary alicyclic amines) is 1. The largest absolute Gasteiger partial charge is 0.396 e. The number of aryl methyl sites for hydroxylation is 2. The zero-order valence-corrected chi connectivity index (χ0v) is 21.5. The summed E-state index contributed by atoms with van der Waals surface area (Å²) in [5.41, 5.74) is 2.89. The second kappa shape index (κ2) is 8.52. The number of carbonyl (C=O) groups is 3. The minimum atomic E-state index is -0.853. The number of aliphatic hydroxyl groups is 1. The van der Waals surface area contributed by atoms with Gasteiger partial charge in [0.15, 0.2) is 0 Å². The van der Waals surface area contributed by atoms with E-state index >= 15 is 0 Å². The fraction of sp³-hybridized carbons (Fsp3) is 0.519. The Morgan fingerprint density at radius 1 is 1.03 bits per heavy atom. The predicted octanol–water partition coefficient (Wildman–Crippen LogP) is 2.30. The Balaban J connectivity index is 1.66. The fourth-order valence-corrected chi connectivity index (χ4v) is 8.51. The van der Waals surface area contributed by atoms with E-state index in [4.69, 9.17) is 0 Å². The first-order valence-electron chi connectivity index (χ1n) is 12.2. The third-order valence-electron chi connectivity index (χ3n) is 7.97. The third kappa shape index (κ3) is 3.48. The lowest BCUT2D eigenvalue weighted by atomic mass is 9.74. The van der Waals surface area contributed by atoms with Crippen molar-refractivity contribution in [2.24, 2.45) is 11.8 Å². The van der Waals surface area contributed by atoms with E-state index in [0.717, 1.165) is 16.8 Å². The maximum atomic E-state index is 14.4. The SMILES string of the molecule is Cc1ccc(C)c(N2CC=C[C@]34S[C@@]5(C)C=CCN(C)C(=O)[C@H]5[C@H]3C(=O)N(CCCO)C4C2=O)c1. The van der Waals surface area contributed by atoms with Gasteiger partial charge in [0.1, 0.15) is 6.04 Å². The molecular formula is C27H33N3O4S. The predicted molar refractivity (Wildman–Crippen MR) is 137 cm³/mol. The zero-order valence-electron chi connectivity index (χ0n) is 20.7. The van der Waals surface area contributed by atoms with Gasteiger partial charge in [-0.25, -0.2) is 0 Å². The van der Waals surface area contributed by atoms with Crippen molar-refractivity contribution in [1.29, 1.82) is 0 Å². The molecule has 1 aromatic rings. The lowest BCUT2D eigenvalue weighted by molar-refractivity contribution is -0.143. The van der Waals surface area contributed by atoms with Crippen molar-refractivity contribution in [3.8, 4) is 0 Å². The van der Waals surface area contributed by atoms with Gasteiger partial charge in [0, 0.05) is 43.7 Å². The Morgan fingerprint density at radius 2 is 1.77 bits per heavy atom. The fourth-order valence-electron chi connectivity index (χ4n) is 6.35. The monoisotopic (exact) mass is 495 g/mol. The molecule has 7 nitrogen and oxygen atoms in total. The number of aliphatic hydroxyl groups excluding tert-OH is 1. The van der Waals surface area contributed by atoms with Crippen LogP contribution in [0.4, 0.5) is 5.69 Å². The molecule has 4 aliphatic heterocycles. The molecule has 0 aromatic heterocycles. The van der Waals surface area contributed by atoms with E-state index in [9.17, 15) is 19.5 Å². The Kier molecular flexibility index (Phi) is 5.87. The first-order valence-corrected chi connectivity index (χ1v) is 13.1. The number of carbonyl (C=O) groups excluding carboxylic acids is 3. The van der Waals surface area contributed by atoms with Crippen molar-refractivity contribution >= 4 is 35.2 Å². The van der Waals surface area contributed by atoms with Gasteiger partial charge >= 0.3 is 0 Å². The summed E-state index contributed by atoms with van der Waals surface area (Å²) in [6.07, 6.45) is 8.47. The van der Waals surface area contributed by atoms with Gasteiger partial charge in [-0.15, -0.1) is 11.8 Å². The molecule has 5 atom stereocenters. The number of hydrogen-bond acceptors (Lipinski definition) is 5. The van der Waals surface area contributed by atoms with Crippen molar-refractivity contribution in [2.75, 3.05) is 38.2 Å². The first kappa shape index (κ1) is 24.1. The molecule has 1 unspecified atom stereocenters. The Morgan fingerprint density at radius 3 is 2.51 bits per heavy atom. The molecule has 1 spiro atoms. The van der Waals surface area contributed by atoms with E-state index in [0.29, 0.717) is 19.5 Å². The number of anilines is 1. The molecule has 35 heavy (non-hydrogen) atoms. The van der Waals surface area contributed by atoms with Crippen molar-refractivity contribution in [3.63, 3.8) is 0 Å². The molecule has 8 heteroatoms. The zero-order chi connectivity index (χ0) is 25.1. The van der Waals surface area contributed by atoms with Gasteiger partial charge in [0.2, 0.25) is 11.8 Å². The highest BCUT2D eigenvalue weighted by Crippen LogP contribution is 2.65. The van der Waals surface area contributed by atoms with Crippen LogP contribution in [0.1, 0.15) is 24.5 Å². The van der Waals surface area contributed by atoms with E-state index < -0.39 is 27.4 Å².